The van der Waals surface area contributed by atoms with Crippen molar-refractivity contribution in [2.24, 2.45) is 0 Å². The Morgan fingerprint density at radius 1 is 1.00 bits per heavy atom. The van der Waals surface area contributed by atoms with Gasteiger partial charge in [0, 0.05) is 11.1 Å². The van der Waals surface area contributed by atoms with Crippen molar-refractivity contribution in [1.29, 1.82) is 0 Å². The number of carbonyl (C=O) groups is 2. The molecule has 3 rings (SSSR count). The van der Waals surface area contributed by atoms with Gasteiger partial charge in [-0.25, -0.2) is 8.42 Å². The van der Waals surface area contributed by atoms with Gasteiger partial charge in [-0.15, -0.1) is 11.3 Å². The summed E-state index contributed by atoms with van der Waals surface area (Å²) in [6.45, 7) is 0. The van der Waals surface area contributed by atoms with Crippen LogP contribution in [-0.2, 0) is 14.8 Å². The fourth-order valence-corrected chi connectivity index (χ4v) is 4.30. The number of hydrogen-bond acceptors (Lipinski definition) is 6. The molecule has 0 unspecified atom stereocenters. The van der Waals surface area contributed by atoms with E-state index in [2.05, 4.69) is 4.72 Å². The summed E-state index contributed by atoms with van der Waals surface area (Å²) in [6.07, 6.45) is 0. The van der Waals surface area contributed by atoms with Gasteiger partial charge < -0.3 is 4.74 Å². The smallest absolute Gasteiger partial charge is 0.271 e. The second-order valence-electron chi connectivity index (χ2n) is 4.65. The van der Waals surface area contributed by atoms with Crippen molar-refractivity contribution >= 4 is 32.9 Å². The predicted octanol–water partition coefficient (Wildman–Crippen LogP) is 1.96. The highest BCUT2D eigenvalue weighted by Gasteiger charge is 2.35. The number of rotatable bonds is 4. The van der Waals surface area contributed by atoms with Crippen molar-refractivity contribution in [2.75, 3.05) is 7.11 Å². The largest absolute Gasteiger partial charge is 0.491 e. The first-order chi connectivity index (χ1) is 11.0. The minimum Gasteiger partial charge on any atom is -0.491 e. The van der Waals surface area contributed by atoms with E-state index < -0.39 is 21.6 Å². The van der Waals surface area contributed by atoms with Gasteiger partial charge in [0.1, 0.15) is 9.91 Å². The highest BCUT2D eigenvalue weighted by Crippen LogP contribution is 2.27. The average Bonchev–Trinajstić information content (AvgIpc) is 3.08. The van der Waals surface area contributed by atoms with E-state index in [4.69, 9.17) is 4.74 Å². The molecule has 0 fully saturated rings. The van der Waals surface area contributed by atoms with Crippen molar-refractivity contribution < 1.29 is 22.7 Å². The maximum Gasteiger partial charge on any atom is 0.271 e. The molecule has 0 radical (unpaired) electrons. The molecule has 23 heavy (non-hydrogen) atoms. The Morgan fingerprint density at radius 3 is 2.22 bits per heavy atom. The predicted molar refractivity (Wildman–Crippen MR) is 83.8 cm³/mol. The molecule has 2 aromatic rings. The van der Waals surface area contributed by atoms with Gasteiger partial charge in [0.2, 0.25) is 11.6 Å². The molecule has 0 saturated heterocycles. The van der Waals surface area contributed by atoms with E-state index in [1.807, 2.05) is 0 Å². The minimum absolute atomic E-state index is 0.0413. The normalized spacial score (nSPS) is 14.7. The molecule has 0 spiro atoms. The van der Waals surface area contributed by atoms with Gasteiger partial charge in [-0.05, 0) is 11.4 Å². The molecule has 8 heteroatoms. The first-order valence-corrected chi connectivity index (χ1v) is 8.85. The summed E-state index contributed by atoms with van der Waals surface area (Å²) < 4.78 is 31.9. The number of benzene rings is 1. The summed E-state index contributed by atoms with van der Waals surface area (Å²) in [6, 6.07) is 9.18. The second kappa shape index (κ2) is 5.64. The Hall–Kier alpha value is -2.45. The number of ketones is 2. The van der Waals surface area contributed by atoms with Crippen LogP contribution in [0.5, 0.6) is 0 Å². The Kier molecular flexibility index (Phi) is 3.78. The quantitative estimate of drug-likeness (QED) is 0.911. The Balaban J connectivity index is 2.10. The lowest BCUT2D eigenvalue weighted by Gasteiger charge is -2.20. The van der Waals surface area contributed by atoms with E-state index in [-0.39, 0.29) is 26.8 Å². The zero-order valence-electron chi connectivity index (χ0n) is 11.9. The molecule has 0 atom stereocenters. The molecule has 0 amide bonds. The van der Waals surface area contributed by atoms with E-state index in [1.54, 1.807) is 23.6 Å². The Bertz CT molecular complexity index is 927. The summed E-state index contributed by atoms with van der Waals surface area (Å²) >= 11 is 1.00. The van der Waals surface area contributed by atoms with Crippen LogP contribution in [-0.4, -0.2) is 27.1 Å². The summed E-state index contributed by atoms with van der Waals surface area (Å²) in [7, 11) is -2.74. The number of hydrogen-bond donors (Lipinski definition) is 1. The molecule has 0 bridgehead atoms. The average molecular weight is 349 g/mol. The number of Topliss-reactive ketones (excluding diaryl/α,β-unsaturated/α-hetero) is 2. The highest BCUT2D eigenvalue weighted by atomic mass is 32.2. The minimum atomic E-state index is -3.96. The molecule has 1 aromatic heterocycles. The first kappa shape index (κ1) is 15.4. The number of thiophene rings is 1. The Morgan fingerprint density at radius 2 is 1.65 bits per heavy atom. The monoisotopic (exact) mass is 349 g/mol. The van der Waals surface area contributed by atoms with Crippen LogP contribution in [0.25, 0.3) is 0 Å². The number of sulfonamides is 1. The maximum atomic E-state index is 12.6. The number of carbonyl (C=O) groups excluding carboxylic acids is 2. The molecule has 6 nitrogen and oxygen atoms in total. The van der Waals surface area contributed by atoms with Gasteiger partial charge >= 0.3 is 0 Å². The summed E-state index contributed by atoms with van der Waals surface area (Å²) in [5, 5.41) is 1.60. The molecule has 1 aliphatic carbocycles. The molecule has 0 saturated carbocycles. The van der Waals surface area contributed by atoms with Crippen molar-refractivity contribution in [1.82, 2.24) is 4.72 Å². The highest BCUT2D eigenvalue weighted by molar-refractivity contribution is 7.91. The number of methoxy groups -OCH3 is 1. The van der Waals surface area contributed by atoms with E-state index in [0.717, 1.165) is 11.3 Å². The van der Waals surface area contributed by atoms with Gasteiger partial charge in [-0.1, -0.05) is 30.3 Å². The van der Waals surface area contributed by atoms with Gasteiger partial charge in [0.15, 0.2) is 5.76 Å². The number of ether oxygens (including phenoxy) is 1. The van der Waals surface area contributed by atoms with E-state index in [9.17, 15) is 18.0 Å². The SMILES string of the molecule is COC1=C(NS(=O)(=O)c2cccs2)C(=O)c2ccccc2C1=O. The topological polar surface area (TPSA) is 89.5 Å². The molecule has 1 N–H and O–H groups in total. The number of nitrogens with one attached hydrogen (secondary N) is 1. The van der Waals surface area contributed by atoms with Crippen LogP contribution in [0.15, 0.2) is 57.4 Å². The van der Waals surface area contributed by atoms with Crippen LogP contribution in [0.1, 0.15) is 20.7 Å². The van der Waals surface area contributed by atoms with Crippen molar-refractivity contribution in [3.63, 3.8) is 0 Å². The van der Waals surface area contributed by atoms with Crippen molar-refractivity contribution in [2.45, 2.75) is 4.21 Å². The van der Waals surface area contributed by atoms with E-state index >= 15 is 0 Å². The lowest BCUT2D eigenvalue weighted by Crippen LogP contribution is -2.34. The summed E-state index contributed by atoms with van der Waals surface area (Å²) in [4.78, 5) is 25.0. The second-order valence-corrected chi connectivity index (χ2v) is 7.51. The van der Waals surface area contributed by atoms with Crippen molar-refractivity contribution in [3.8, 4) is 0 Å². The molecular weight excluding hydrogens is 338 g/mol. The van der Waals surface area contributed by atoms with Crippen LogP contribution in [0, 0.1) is 0 Å². The molecular formula is C15H11NO5S2. The fraction of sp³-hybridized carbons (Fsp3) is 0.0667. The van der Waals surface area contributed by atoms with Crippen LogP contribution in [0.3, 0.4) is 0 Å². The van der Waals surface area contributed by atoms with Gasteiger partial charge in [-0.2, -0.15) is 0 Å². The van der Waals surface area contributed by atoms with E-state index in [1.165, 1.54) is 25.3 Å². The maximum absolute atomic E-state index is 12.6. The number of fused-ring (bicyclic) bond motifs is 1. The van der Waals surface area contributed by atoms with Crippen LogP contribution >= 0.6 is 11.3 Å². The van der Waals surface area contributed by atoms with Gasteiger partial charge in [0.05, 0.1) is 7.11 Å². The van der Waals surface area contributed by atoms with Gasteiger partial charge in [-0.3, -0.25) is 14.3 Å². The lowest BCUT2D eigenvalue weighted by atomic mass is 9.92. The molecule has 1 aliphatic rings. The lowest BCUT2D eigenvalue weighted by molar-refractivity contribution is 0.0902. The zero-order valence-corrected chi connectivity index (χ0v) is 13.5. The molecule has 1 aromatic carbocycles. The summed E-state index contributed by atoms with van der Waals surface area (Å²) in [5.74, 6) is -1.45. The zero-order chi connectivity index (χ0) is 16.6. The third-order valence-electron chi connectivity index (χ3n) is 3.28. The third kappa shape index (κ3) is 2.55. The van der Waals surface area contributed by atoms with Crippen LogP contribution in [0.4, 0.5) is 0 Å². The standard InChI is InChI=1S/C15H11NO5S2/c1-21-15-12(16-23(19,20)11-7-4-8-22-11)13(17)9-5-2-3-6-10(9)14(15)18/h2-8,16H,1H3. The van der Waals surface area contributed by atoms with Crippen molar-refractivity contribution in [3.05, 3.63) is 64.4 Å². The fourth-order valence-electron chi connectivity index (χ4n) is 2.24. The van der Waals surface area contributed by atoms with Gasteiger partial charge in [0.25, 0.3) is 10.0 Å². The molecule has 1 heterocycles. The van der Waals surface area contributed by atoms with Crippen LogP contribution < -0.4 is 4.72 Å². The van der Waals surface area contributed by atoms with E-state index in [0.29, 0.717) is 0 Å². The van der Waals surface area contributed by atoms with Crippen LogP contribution in [0.2, 0.25) is 0 Å². The Labute approximate surface area is 136 Å². The number of allylic oxidation sites excluding steroid dienone is 2. The molecule has 0 aliphatic heterocycles. The first-order valence-electron chi connectivity index (χ1n) is 6.48. The molecule has 118 valence electrons. The summed E-state index contributed by atoms with van der Waals surface area (Å²) in [5.41, 5.74) is -0.0415. The third-order valence-corrected chi connectivity index (χ3v) is 6.02.